The predicted molar refractivity (Wildman–Crippen MR) is 65.2 cm³/mol. The highest BCUT2D eigenvalue weighted by atomic mass is 16.7. The van der Waals surface area contributed by atoms with E-state index in [4.69, 9.17) is 9.47 Å². The molecular formula is C13H20N2O3. The van der Waals surface area contributed by atoms with Gasteiger partial charge in [0, 0.05) is 18.5 Å². The SMILES string of the molecule is Cc1ncn(C2CC3(CCC2O)OCCO3)c1C. The van der Waals surface area contributed by atoms with E-state index in [1.54, 1.807) is 0 Å². The summed E-state index contributed by atoms with van der Waals surface area (Å²) in [5.74, 6) is -0.478. The van der Waals surface area contributed by atoms with Crippen LogP contribution >= 0.6 is 0 Å². The average Bonchev–Trinajstić information content (AvgIpc) is 2.93. The fourth-order valence-electron chi connectivity index (χ4n) is 3.01. The Morgan fingerprint density at radius 3 is 2.72 bits per heavy atom. The lowest BCUT2D eigenvalue weighted by Crippen LogP contribution is -2.43. The molecule has 1 saturated carbocycles. The first-order valence-electron chi connectivity index (χ1n) is 6.57. The van der Waals surface area contributed by atoms with Crippen LogP contribution in [0.3, 0.4) is 0 Å². The number of rotatable bonds is 1. The van der Waals surface area contributed by atoms with Crippen molar-refractivity contribution in [1.82, 2.24) is 9.55 Å². The smallest absolute Gasteiger partial charge is 0.170 e. The first-order valence-corrected chi connectivity index (χ1v) is 6.57. The van der Waals surface area contributed by atoms with Crippen molar-refractivity contribution in [3.8, 4) is 0 Å². The number of imidazole rings is 1. The van der Waals surface area contributed by atoms with Gasteiger partial charge < -0.3 is 19.1 Å². The zero-order valence-electron chi connectivity index (χ0n) is 10.9. The van der Waals surface area contributed by atoms with E-state index in [1.807, 2.05) is 20.2 Å². The third kappa shape index (κ3) is 1.86. The number of aliphatic hydroxyl groups excluding tert-OH is 1. The van der Waals surface area contributed by atoms with Crippen molar-refractivity contribution in [2.45, 2.75) is 51.0 Å². The summed E-state index contributed by atoms with van der Waals surface area (Å²) in [5.41, 5.74) is 2.11. The molecule has 2 aliphatic rings. The lowest BCUT2D eigenvalue weighted by Gasteiger charge is -2.39. The molecule has 1 spiro atoms. The number of aliphatic hydroxyl groups is 1. The molecule has 1 N–H and O–H groups in total. The Kier molecular flexibility index (Phi) is 2.92. The maximum absolute atomic E-state index is 10.2. The van der Waals surface area contributed by atoms with E-state index >= 15 is 0 Å². The Labute approximate surface area is 107 Å². The third-order valence-corrected chi connectivity index (χ3v) is 4.24. The number of nitrogens with zero attached hydrogens (tertiary/aromatic N) is 2. The molecule has 0 amide bonds. The molecule has 5 nitrogen and oxygen atoms in total. The van der Waals surface area contributed by atoms with Crippen LogP contribution in [0.15, 0.2) is 6.33 Å². The van der Waals surface area contributed by atoms with Crippen LogP contribution < -0.4 is 0 Å². The molecular weight excluding hydrogens is 232 g/mol. The third-order valence-electron chi connectivity index (χ3n) is 4.24. The van der Waals surface area contributed by atoms with E-state index in [0.29, 0.717) is 26.1 Å². The van der Waals surface area contributed by atoms with Crippen LogP contribution in [0.4, 0.5) is 0 Å². The molecule has 2 heterocycles. The Morgan fingerprint density at radius 2 is 2.11 bits per heavy atom. The average molecular weight is 252 g/mol. The van der Waals surface area contributed by atoms with Crippen LogP contribution in [-0.2, 0) is 9.47 Å². The first-order chi connectivity index (χ1) is 8.61. The van der Waals surface area contributed by atoms with Gasteiger partial charge in [0.15, 0.2) is 5.79 Å². The van der Waals surface area contributed by atoms with Gasteiger partial charge in [-0.15, -0.1) is 0 Å². The van der Waals surface area contributed by atoms with E-state index < -0.39 is 5.79 Å². The second-order valence-electron chi connectivity index (χ2n) is 5.31. The highest BCUT2D eigenvalue weighted by Gasteiger charge is 2.45. The summed E-state index contributed by atoms with van der Waals surface area (Å²) in [6.45, 7) is 5.33. The molecule has 18 heavy (non-hydrogen) atoms. The van der Waals surface area contributed by atoms with Gasteiger partial charge in [-0.2, -0.15) is 0 Å². The molecule has 5 heteroatoms. The predicted octanol–water partition coefficient (Wildman–Crippen LogP) is 1.33. The van der Waals surface area contributed by atoms with Crippen LogP contribution in [0.5, 0.6) is 0 Å². The summed E-state index contributed by atoms with van der Waals surface area (Å²) in [5, 5.41) is 10.2. The summed E-state index contributed by atoms with van der Waals surface area (Å²) in [4.78, 5) is 4.31. The molecule has 2 unspecified atom stereocenters. The highest BCUT2D eigenvalue weighted by molar-refractivity contribution is 5.11. The van der Waals surface area contributed by atoms with E-state index in [1.165, 1.54) is 0 Å². The van der Waals surface area contributed by atoms with Gasteiger partial charge in [0.25, 0.3) is 0 Å². The topological polar surface area (TPSA) is 56.5 Å². The van der Waals surface area contributed by atoms with Gasteiger partial charge >= 0.3 is 0 Å². The minimum atomic E-state index is -0.478. The quantitative estimate of drug-likeness (QED) is 0.819. The van der Waals surface area contributed by atoms with Gasteiger partial charge in [0.1, 0.15) is 0 Å². The molecule has 3 rings (SSSR count). The van der Waals surface area contributed by atoms with Crippen molar-refractivity contribution in [1.29, 1.82) is 0 Å². The Morgan fingerprint density at radius 1 is 1.39 bits per heavy atom. The lowest BCUT2D eigenvalue weighted by molar-refractivity contribution is -0.199. The molecule has 1 aliphatic carbocycles. The second kappa shape index (κ2) is 4.33. The monoisotopic (exact) mass is 252 g/mol. The number of aryl methyl sites for hydroxylation is 1. The Hall–Kier alpha value is -0.910. The minimum absolute atomic E-state index is 0.00181. The molecule has 1 saturated heterocycles. The number of ether oxygens (including phenoxy) is 2. The molecule has 1 aliphatic heterocycles. The summed E-state index contributed by atoms with van der Waals surface area (Å²) in [6.07, 6.45) is 3.64. The second-order valence-corrected chi connectivity index (χ2v) is 5.31. The molecule has 0 aromatic carbocycles. The van der Waals surface area contributed by atoms with Gasteiger partial charge in [0.2, 0.25) is 0 Å². The number of aromatic nitrogens is 2. The largest absolute Gasteiger partial charge is 0.391 e. The van der Waals surface area contributed by atoms with Crippen LogP contribution in [0.25, 0.3) is 0 Å². The van der Waals surface area contributed by atoms with Crippen LogP contribution in [0.2, 0.25) is 0 Å². The van der Waals surface area contributed by atoms with Gasteiger partial charge in [-0.05, 0) is 20.3 Å². The number of hydrogen-bond donors (Lipinski definition) is 1. The fourth-order valence-corrected chi connectivity index (χ4v) is 3.01. The molecule has 1 aromatic heterocycles. The molecule has 1 aromatic rings. The van der Waals surface area contributed by atoms with Crippen LogP contribution in [0.1, 0.15) is 36.7 Å². The maximum Gasteiger partial charge on any atom is 0.170 e. The van der Waals surface area contributed by atoms with E-state index in [-0.39, 0.29) is 12.1 Å². The lowest BCUT2D eigenvalue weighted by atomic mass is 9.87. The maximum atomic E-state index is 10.2. The van der Waals surface area contributed by atoms with Gasteiger partial charge in [0.05, 0.1) is 37.4 Å². The van der Waals surface area contributed by atoms with Crippen molar-refractivity contribution in [2.24, 2.45) is 0 Å². The first kappa shape index (κ1) is 12.1. The van der Waals surface area contributed by atoms with Gasteiger partial charge in [-0.25, -0.2) is 4.98 Å². The van der Waals surface area contributed by atoms with E-state index in [9.17, 15) is 5.11 Å². The van der Waals surface area contributed by atoms with Gasteiger partial charge in [-0.3, -0.25) is 0 Å². The Balaban J connectivity index is 1.87. The van der Waals surface area contributed by atoms with Crippen LogP contribution in [0, 0.1) is 13.8 Å². The number of hydrogen-bond acceptors (Lipinski definition) is 4. The van der Waals surface area contributed by atoms with E-state index in [0.717, 1.165) is 17.8 Å². The zero-order valence-corrected chi connectivity index (χ0v) is 10.9. The van der Waals surface area contributed by atoms with Crippen molar-refractivity contribution in [3.63, 3.8) is 0 Å². The zero-order chi connectivity index (χ0) is 12.8. The summed E-state index contributed by atoms with van der Waals surface area (Å²) in [6, 6.07) is -0.00181. The standard InChI is InChI=1S/C13H20N2O3/c1-9-10(2)15(8-14-9)11-7-13(4-3-12(11)16)17-5-6-18-13/h8,11-12,16H,3-7H2,1-2H3. The van der Waals surface area contributed by atoms with Crippen molar-refractivity contribution < 1.29 is 14.6 Å². The van der Waals surface area contributed by atoms with Crippen molar-refractivity contribution in [2.75, 3.05) is 13.2 Å². The molecule has 2 fully saturated rings. The molecule has 0 radical (unpaired) electrons. The highest BCUT2D eigenvalue weighted by Crippen LogP contribution is 2.41. The summed E-state index contributed by atoms with van der Waals surface area (Å²) >= 11 is 0. The van der Waals surface area contributed by atoms with Crippen molar-refractivity contribution >= 4 is 0 Å². The molecule has 100 valence electrons. The molecule has 2 atom stereocenters. The Bertz CT molecular complexity index is 437. The summed E-state index contributed by atoms with van der Waals surface area (Å²) in [7, 11) is 0. The normalized spacial score (nSPS) is 31.1. The van der Waals surface area contributed by atoms with Gasteiger partial charge in [-0.1, -0.05) is 0 Å². The molecule has 0 bridgehead atoms. The summed E-state index contributed by atoms with van der Waals surface area (Å²) < 4.78 is 13.6. The minimum Gasteiger partial charge on any atom is -0.391 e. The van der Waals surface area contributed by atoms with Crippen molar-refractivity contribution in [3.05, 3.63) is 17.7 Å². The van der Waals surface area contributed by atoms with Crippen LogP contribution in [-0.4, -0.2) is 39.8 Å². The fraction of sp³-hybridized carbons (Fsp3) is 0.769. The van der Waals surface area contributed by atoms with E-state index in [2.05, 4.69) is 9.55 Å².